The van der Waals surface area contributed by atoms with Gasteiger partial charge < -0.3 is 19.9 Å². The molecule has 8 nitrogen and oxygen atoms in total. The van der Waals surface area contributed by atoms with Gasteiger partial charge in [0, 0.05) is 44.0 Å². The van der Waals surface area contributed by atoms with Gasteiger partial charge in [0.2, 0.25) is 0 Å². The zero-order valence-corrected chi connectivity index (χ0v) is 16.8. The van der Waals surface area contributed by atoms with E-state index in [0.717, 1.165) is 22.6 Å². The van der Waals surface area contributed by atoms with Crippen LogP contribution in [0.4, 0.5) is 16.2 Å². The predicted molar refractivity (Wildman–Crippen MR) is 112 cm³/mol. The van der Waals surface area contributed by atoms with Gasteiger partial charge in [0.1, 0.15) is 12.4 Å². The van der Waals surface area contributed by atoms with Gasteiger partial charge in [-0.2, -0.15) is 0 Å². The number of aryl methyl sites for hydroxylation is 2. The summed E-state index contributed by atoms with van der Waals surface area (Å²) in [6.07, 6.45) is 0. The second-order valence-corrected chi connectivity index (χ2v) is 7.15. The molecule has 0 unspecified atom stereocenters. The van der Waals surface area contributed by atoms with E-state index < -0.39 is 4.92 Å². The number of nitrogens with one attached hydrogen (secondary N) is 1. The number of piperazine rings is 1. The van der Waals surface area contributed by atoms with Crippen LogP contribution in [0.2, 0.25) is 0 Å². The molecule has 0 saturated carbocycles. The van der Waals surface area contributed by atoms with Gasteiger partial charge in [-0.3, -0.25) is 10.1 Å². The van der Waals surface area contributed by atoms with Crippen LogP contribution in [0.25, 0.3) is 0 Å². The summed E-state index contributed by atoms with van der Waals surface area (Å²) in [4.78, 5) is 26.6. The number of carbonyl (C=O) groups is 1. The topological polar surface area (TPSA) is 88.0 Å². The SMILES string of the molecule is Cc1cc(C)cc(OCCNC(=O)N2CCN(c3ccc([N+](=O)[O-])cc3)CC2)c1. The van der Waals surface area contributed by atoms with E-state index in [0.29, 0.717) is 39.3 Å². The highest BCUT2D eigenvalue weighted by Crippen LogP contribution is 2.20. The van der Waals surface area contributed by atoms with Crippen LogP contribution < -0.4 is 15.0 Å². The first kappa shape index (κ1) is 20.4. The Morgan fingerprint density at radius 2 is 1.69 bits per heavy atom. The molecule has 2 aromatic rings. The van der Waals surface area contributed by atoms with Crippen LogP contribution in [-0.2, 0) is 0 Å². The summed E-state index contributed by atoms with van der Waals surface area (Å²) in [6, 6.07) is 12.5. The number of nitrogens with zero attached hydrogens (tertiary/aromatic N) is 3. The van der Waals surface area contributed by atoms with Crippen molar-refractivity contribution < 1.29 is 14.5 Å². The summed E-state index contributed by atoms with van der Waals surface area (Å²) in [6.45, 7) is 7.47. The van der Waals surface area contributed by atoms with Crippen LogP contribution in [0, 0.1) is 24.0 Å². The largest absolute Gasteiger partial charge is 0.492 e. The molecule has 0 aromatic heterocycles. The number of hydrogen-bond donors (Lipinski definition) is 1. The van der Waals surface area contributed by atoms with Crippen LogP contribution in [0.15, 0.2) is 42.5 Å². The van der Waals surface area contributed by atoms with Crippen molar-refractivity contribution in [3.05, 3.63) is 63.7 Å². The molecule has 0 atom stereocenters. The molecule has 1 aliphatic heterocycles. The monoisotopic (exact) mass is 398 g/mol. The van der Waals surface area contributed by atoms with E-state index in [1.54, 1.807) is 17.0 Å². The molecule has 0 aliphatic carbocycles. The molecule has 2 amide bonds. The summed E-state index contributed by atoms with van der Waals surface area (Å²) in [7, 11) is 0. The van der Waals surface area contributed by atoms with Gasteiger partial charge in [-0.15, -0.1) is 0 Å². The van der Waals surface area contributed by atoms with E-state index in [-0.39, 0.29) is 11.7 Å². The van der Waals surface area contributed by atoms with Crippen molar-refractivity contribution >= 4 is 17.4 Å². The van der Waals surface area contributed by atoms with E-state index in [4.69, 9.17) is 4.74 Å². The van der Waals surface area contributed by atoms with E-state index in [9.17, 15) is 14.9 Å². The molecule has 29 heavy (non-hydrogen) atoms. The Kier molecular flexibility index (Phi) is 6.54. The standard InChI is InChI=1S/C21H26N4O4/c1-16-13-17(2)15-20(14-16)29-12-7-22-21(26)24-10-8-23(9-11-24)18-3-5-19(6-4-18)25(27)28/h3-6,13-15H,7-12H2,1-2H3,(H,22,26). The van der Waals surface area contributed by atoms with Crippen molar-refractivity contribution in [3.8, 4) is 5.75 Å². The number of amides is 2. The maximum Gasteiger partial charge on any atom is 0.317 e. The molecule has 0 bridgehead atoms. The third kappa shape index (κ3) is 5.60. The van der Waals surface area contributed by atoms with Gasteiger partial charge in [0.25, 0.3) is 5.69 Å². The number of anilines is 1. The Hall–Kier alpha value is -3.29. The molecule has 154 valence electrons. The minimum Gasteiger partial charge on any atom is -0.492 e. The summed E-state index contributed by atoms with van der Waals surface area (Å²) >= 11 is 0. The second kappa shape index (κ2) is 9.27. The maximum absolute atomic E-state index is 12.3. The minimum atomic E-state index is -0.407. The number of nitro groups is 1. The van der Waals surface area contributed by atoms with Gasteiger partial charge >= 0.3 is 6.03 Å². The van der Waals surface area contributed by atoms with E-state index in [1.807, 2.05) is 26.0 Å². The van der Waals surface area contributed by atoms with Gasteiger partial charge in [-0.1, -0.05) is 6.07 Å². The lowest BCUT2D eigenvalue weighted by Crippen LogP contribution is -2.52. The van der Waals surface area contributed by atoms with Crippen LogP contribution in [-0.4, -0.2) is 55.2 Å². The van der Waals surface area contributed by atoms with Gasteiger partial charge in [-0.25, -0.2) is 4.79 Å². The lowest BCUT2D eigenvalue weighted by atomic mass is 10.1. The summed E-state index contributed by atoms with van der Waals surface area (Å²) in [5.41, 5.74) is 3.30. The number of hydrogen-bond acceptors (Lipinski definition) is 5. The average Bonchev–Trinajstić information content (AvgIpc) is 2.70. The van der Waals surface area contributed by atoms with Crippen molar-refractivity contribution in [1.29, 1.82) is 0 Å². The van der Waals surface area contributed by atoms with E-state index in [1.165, 1.54) is 12.1 Å². The van der Waals surface area contributed by atoms with Crippen LogP contribution in [0.5, 0.6) is 5.75 Å². The fraction of sp³-hybridized carbons (Fsp3) is 0.381. The lowest BCUT2D eigenvalue weighted by molar-refractivity contribution is -0.384. The number of ether oxygens (including phenoxy) is 1. The smallest absolute Gasteiger partial charge is 0.317 e. The highest BCUT2D eigenvalue weighted by Gasteiger charge is 2.21. The number of urea groups is 1. The molecular formula is C21H26N4O4. The summed E-state index contributed by atoms with van der Waals surface area (Å²) in [5, 5.41) is 13.7. The maximum atomic E-state index is 12.3. The fourth-order valence-corrected chi connectivity index (χ4v) is 3.41. The molecule has 0 radical (unpaired) electrons. The minimum absolute atomic E-state index is 0.0785. The highest BCUT2D eigenvalue weighted by molar-refractivity contribution is 5.74. The fourth-order valence-electron chi connectivity index (χ4n) is 3.41. The molecule has 2 aromatic carbocycles. The number of rotatable bonds is 6. The zero-order chi connectivity index (χ0) is 20.8. The Morgan fingerprint density at radius 1 is 1.07 bits per heavy atom. The number of benzene rings is 2. The van der Waals surface area contributed by atoms with Crippen LogP contribution >= 0.6 is 0 Å². The van der Waals surface area contributed by atoms with Crippen LogP contribution in [0.1, 0.15) is 11.1 Å². The predicted octanol–water partition coefficient (Wildman–Crippen LogP) is 3.12. The first-order valence-corrected chi connectivity index (χ1v) is 9.65. The number of carbonyl (C=O) groups excluding carboxylic acids is 1. The summed E-state index contributed by atoms with van der Waals surface area (Å²) < 4.78 is 5.72. The zero-order valence-electron chi connectivity index (χ0n) is 16.8. The van der Waals surface area contributed by atoms with Crippen molar-refractivity contribution in [1.82, 2.24) is 10.2 Å². The Balaban J connectivity index is 1.40. The van der Waals surface area contributed by atoms with E-state index >= 15 is 0 Å². The molecule has 8 heteroatoms. The first-order chi connectivity index (χ1) is 13.9. The van der Waals surface area contributed by atoms with Gasteiger partial charge in [-0.05, 0) is 49.2 Å². The molecular weight excluding hydrogens is 372 g/mol. The number of nitro benzene ring substituents is 1. The van der Waals surface area contributed by atoms with Crippen molar-refractivity contribution in [2.75, 3.05) is 44.2 Å². The first-order valence-electron chi connectivity index (χ1n) is 9.65. The van der Waals surface area contributed by atoms with Gasteiger partial charge in [0.15, 0.2) is 0 Å². The van der Waals surface area contributed by atoms with Crippen LogP contribution in [0.3, 0.4) is 0 Å². The van der Waals surface area contributed by atoms with Gasteiger partial charge in [0.05, 0.1) is 11.5 Å². The molecule has 1 fully saturated rings. The Bertz CT molecular complexity index is 841. The molecule has 0 spiro atoms. The van der Waals surface area contributed by atoms with Crippen molar-refractivity contribution in [2.45, 2.75) is 13.8 Å². The Morgan fingerprint density at radius 3 is 2.28 bits per heavy atom. The number of non-ortho nitro benzene ring substituents is 1. The van der Waals surface area contributed by atoms with Crippen molar-refractivity contribution in [3.63, 3.8) is 0 Å². The third-order valence-electron chi connectivity index (χ3n) is 4.83. The highest BCUT2D eigenvalue weighted by atomic mass is 16.6. The normalized spacial score (nSPS) is 13.9. The molecule has 1 aliphatic rings. The molecule has 1 N–H and O–H groups in total. The third-order valence-corrected chi connectivity index (χ3v) is 4.83. The quantitative estimate of drug-likeness (QED) is 0.459. The average molecular weight is 398 g/mol. The lowest BCUT2D eigenvalue weighted by Gasteiger charge is -2.36. The molecule has 1 heterocycles. The molecule has 3 rings (SSSR count). The summed E-state index contributed by atoms with van der Waals surface area (Å²) in [5.74, 6) is 0.813. The van der Waals surface area contributed by atoms with Crippen molar-refractivity contribution in [2.24, 2.45) is 0 Å². The Labute approximate surface area is 170 Å². The second-order valence-electron chi connectivity index (χ2n) is 7.15. The molecule has 1 saturated heterocycles. The van der Waals surface area contributed by atoms with E-state index in [2.05, 4.69) is 16.3 Å².